The number of likely N-dealkylation sites (N-methyl/N-ethyl adjacent to an activating group) is 1. The van der Waals surface area contributed by atoms with Gasteiger partial charge in [0.2, 0.25) is 0 Å². The van der Waals surface area contributed by atoms with Gasteiger partial charge in [-0.25, -0.2) is 4.98 Å². The van der Waals surface area contributed by atoms with E-state index in [4.69, 9.17) is 11.6 Å². The van der Waals surface area contributed by atoms with Crippen molar-refractivity contribution in [2.24, 2.45) is 0 Å². The van der Waals surface area contributed by atoms with E-state index in [0.29, 0.717) is 17.1 Å². The standard InChI is InChI=1S/C19H20ClN3OS/c1-13-4-9-16-17(12-13)25-19(21-16)23(11-10-22(2)3)18(24)14-5-7-15(20)8-6-14/h4-9,12H,10-11H2,1-3H3/p+1. The lowest BCUT2D eigenvalue weighted by Crippen LogP contribution is -3.06. The number of fused-ring (bicyclic) bond motifs is 1. The normalized spacial score (nSPS) is 11.2. The first-order valence-corrected chi connectivity index (χ1v) is 9.37. The van der Waals surface area contributed by atoms with Gasteiger partial charge in [-0.2, -0.15) is 0 Å². The van der Waals surface area contributed by atoms with Crippen molar-refractivity contribution in [3.63, 3.8) is 0 Å². The highest BCUT2D eigenvalue weighted by Gasteiger charge is 2.22. The number of aromatic nitrogens is 1. The van der Waals surface area contributed by atoms with Gasteiger partial charge in [0, 0.05) is 10.6 Å². The highest BCUT2D eigenvalue weighted by Crippen LogP contribution is 2.30. The van der Waals surface area contributed by atoms with E-state index in [2.05, 4.69) is 32.1 Å². The Hall–Kier alpha value is -1.95. The summed E-state index contributed by atoms with van der Waals surface area (Å²) in [5, 5.41) is 1.36. The summed E-state index contributed by atoms with van der Waals surface area (Å²) in [6.07, 6.45) is 0. The van der Waals surface area contributed by atoms with Crippen molar-refractivity contribution in [2.75, 3.05) is 32.1 Å². The van der Waals surface area contributed by atoms with Crippen molar-refractivity contribution in [2.45, 2.75) is 6.92 Å². The van der Waals surface area contributed by atoms with Crippen molar-refractivity contribution in [1.82, 2.24) is 4.98 Å². The van der Waals surface area contributed by atoms with Gasteiger partial charge >= 0.3 is 0 Å². The molecular formula is C19H21ClN3OS+. The van der Waals surface area contributed by atoms with Crippen molar-refractivity contribution in [1.29, 1.82) is 0 Å². The molecule has 25 heavy (non-hydrogen) atoms. The maximum Gasteiger partial charge on any atom is 0.260 e. The summed E-state index contributed by atoms with van der Waals surface area (Å²) in [6.45, 7) is 3.52. The minimum absolute atomic E-state index is 0.0475. The van der Waals surface area contributed by atoms with Crippen molar-refractivity contribution < 1.29 is 9.69 Å². The molecule has 6 heteroatoms. The number of quaternary nitrogens is 1. The van der Waals surface area contributed by atoms with Crippen LogP contribution in [0.15, 0.2) is 42.5 Å². The lowest BCUT2D eigenvalue weighted by molar-refractivity contribution is -0.856. The van der Waals surface area contributed by atoms with E-state index in [1.54, 1.807) is 40.5 Å². The van der Waals surface area contributed by atoms with Crippen LogP contribution in [0.2, 0.25) is 5.02 Å². The van der Waals surface area contributed by atoms with E-state index < -0.39 is 0 Å². The van der Waals surface area contributed by atoms with E-state index in [9.17, 15) is 4.79 Å². The van der Waals surface area contributed by atoms with Crippen molar-refractivity contribution >= 4 is 44.2 Å². The quantitative estimate of drug-likeness (QED) is 0.745. The Morgan fingerprint density at radius 3 is 2.60 bits per heavy atom. The third-order valence-corrected chi connectivity index (χ3v) is 5.23. The van der Waals surface area contributed by atoms with E-state index in [1.807, 2.05) is 12.1 Å². The largest absolute Gasteiger partial charge is 0.338 e. The highest BCUT2D eigenvalue weighted by molar-refractivity contribution is 7.22. The number of hydrogen-bond donors (Lipinski definition) is 1. The molecule has 3 aromatic rings. The first-order chi connectivity index (χ1) is 11.9. The zero-order valence-corrected chi connectivity index (χ0v) is 16.1. The average Bonchev–Trinajstić information content (AvgIpc) is 2.98. The van der Waals surface area contributed by atoms with Gasteiger partial charge in [0.25, 0.3) is 5.91 Å². The number of nitrogens with one attached hydrogen (secondary N) is 1. The molecule has 1 N–H and O–H groups in total. The molecule has 1 aromatic heterocycles. The molecule has 130 valence electrons. The number of rotatable bonds is 5. The van der Waals surface area contributed by atoms with Crippen LogP contribution in [0.1, 0.15) is 15.9 Å². The molecule has 0 aliphatic carbocycles. The molecule has 1 heterocycles. The molecule has 0 radical (unpaired) electrons. The van der Waals surface area contributed by atoms with Gasteiger partial charge in [-0.3, -0.25) is 9.69 Å². The van der Waals surface area contributed by atoms with E-state index >= 15 is 0 Å². The van der Waals surface area contributed by atoms with Gasteiger partial charge in [-0.15, -0.1) is 0 Å². The van der Waals surface area contributed by atoms with Crippen LogP contribution in [0.3, 0.4) is 0 Å². The third kappa shape index (κ3) is 4.18. The van der Waals surface area contributed by atoms with Crippen LogP contribution in [0.25, 0.3) is 10.2 Å². The van der Waals surface area contributed by atoms with Crippen LogP contribution >= 0.6 is 22.9 Å². The first kappa shape index (κ1) is 17.9. The van der Waals surface area contributed by atoms with Crippen molar-refractivity contribution in [3.05, 3.63) is 58.6 Å². The number of thiazole rings is 1. The molecular weight excluding hydrogens is 354 g/mol. The first-order valence-electron chi connectivity index (χ1n) is 8.17. The minimum Gasteiger partial charge on any atom is -0.338 e. The number of anilines is 1. The lowest BCUT2D eigenvalue weighted by atomic mass is 10.2. The number of aryl methyl sites for hydroxylation is 1. The molecule has 4 nitrogen and oxygen atoms in total. The molecule has 3 rings (SSSR count). The molecule has 0 fully saturated rings. The zero-order chi connectivity index (χ0) is 18.0. The molecule has 0 saturated heterocycles. The predicted molar refractivity (Wildman–Crippen MR) is 105 cm³/mol. The molecule has 0 saturated carbocycles. The number of carbonyl (C=O) groups excluding carboxylic acids is 1. The zero-order valence-electron chi connectivity index (χ0n) is 14.5. The summed E-state index contributed by atoms with van der Waals surface area (Å²) in [4.78, 5) is 20.8. The number of halogens is 1. The summed E-state index contributed by atoms with van der Waals surface area (Å²) in [5.74, 6) is -0.0475. The summed E-state index contributed by atoms with van der Waals surface area (Å²) >= 11 is 7.50. The smallest absolute Gasteiger partial charge is 0.260 e. The molecule has 0 atom stereocenters. The Labute approximate surface area is 156 Å². The van der Waals surface area contributed by atoms with Gasteiger partial charge in [0.05, 0.1) is 37.4 Å². The van der Waals surface area contributed by atoms with Gasteiger partial charge < -0.3 is 4.90 Å². The van der Waals surface area contributed by atoms with Crippen LogP contribution in [0.4, 0.5) is 5.13 Å². The average molecular weight is 375 g/mol. The number of nitrogens with zero attached hydrogens (tertiary/aromatic N) is 2. The molecule has 0 unspecified atom stereocenters. The van der Waals surface area contributed by atoms with Crippen LogP contribution in [0, 0.1) is 6.92 Å². The Bertz CT molecular complexity index is 889. The van der Waals surface area contributed by atoms with Crippen molar-refractivity contribution in [3.8, 4) is 0 Å². The fraction of sp³-hybridized carbons (Fsp3) is 0.263. The van der Waals surface area contributed by atoms with E-state index in [1.165, 1.54) is 10.5 Å². The molecule has 0 bridgehead atoms. The van der Waals surface area contributed by atoms with E-state index in [-0.39, 0.29) is 5.91 Å². The van der Waals surface area contributed by atoms with Gasteiger partial charge in [0.15, 0.2) is 5.13 Å². The van der Waals surface area contributed by atoms with Crippen LogP contribution in [0.5, 0.6) is 0 Å². The molecule has 2 aromatic carbocycles. The predicted octanol–water partition coefficient (Wildman–Crippen LogP) is 3.05. The van der Waals surface area contributed by atoms with Gasteiger partial charge in [-0.05, 0) is 48.9 Å². The van der Waals surface area contributed by atoms with Gasteiger partial charge in [0.1, 0.15) is 0 Å². The van der Waals surface area contributed by atoms with Crippen LogP contribution in [-0.4, -0.2) is 38.1 Å². The fourth-order valence-corrected chi connectivity index (χ4v) is 3.72. The molecule has 0 aliphatic heterocycles. The topological polar surface area (TPSA) is 37.6 Å². The summed E-state index contributed by atoms with van der Waals surface area (Å²) in [6, 6.07) is 13.2. The minimum atomic E-state index is -0.0475. The van der Waals surface area contributed by atoms with Crippen LogP contribution in [-0.2, 0) is 0 Å². The Kier molecular flexibility index (Phi) is 5.37. The van der Waals surface area contributed by atoms with Crippen LogP contribution < -0.4 is 9.80 Å². The number of carbonyl (C=O) groups is 1. The summed E-state index contributed by atoms with van der Waals surface area (Å²) in [7, 11) is 4.15. The molecule has 0 aliphatic rings. The number of benzene rings is 2. The van der Waals surface area contributed by atoms with Gasteiger partial charge in [-0.1, -0.05) is 29.0 Å². The summed E-state index contributed by atoms with van der Waals surface area (Å²) in [5.41, 5.74) is 2.74. The molecule has 0 spiro atoms. The van der Waals surface area contributed by atoms with E-state index in [0.717, 1.165) is 21.9 Å². The lowest BCUT2D eigenvalue weighted by Gasteiger charge is -2.20. The second-order valence-corrected chi connectivity index (χ2v) is 7.83. The Balaban J connectivity index is 1.97. The Morgan fingerprint density at radius 2 is 1.92 bits per heavy atom. The SMILES string of the molecule is Cc1ccc2nc(N(CC[NH+](C)C)C(=O)c3ccc(Cl)cc3)sc2c1. The summed E-state index contributed by atoms with van der Waals surface area (Å²) < 4.78 is 1.10. The fourth-order valence-electron chi connectivity index (χ4n) is 2.50. The number of hydrogen-bond acceptors (Lipinski definition) is 3. The highest BCUT2D eigenvalue weighted by atomic mass is 35.5. The Morgan fingerprint density at radius 1 is 1.20 bits per heavy atom. The maximum absolute atomic E-state index is 13.1. The number of amides is 1. The second kappa shape index (κ2) is 7.52. The third-order valence-electron chi connectivity index (χ3n) is 3.94. The second-order valence-electron chi connectivity index (χ2n) is 6.39. The molecule has 1 amide bonds. The monoisotopic (exact) mass is 374 g/mol. The maximum atomic E-state index is 13.1.